The molecule has 2 aromatic carbocycles. The number of hydrogen-bond donors (Lipinski definition) is 2. The Morgan fingerprint density at radius 1 is 1.03 bits per heavy atom. The number of alkyl halides is 5. The van der Waals surface area contributed by atoms with Crippen LogP contribution in [0.2, 0.25) is 0 Å². The number of halogens is 5. The van der Waals surface area contributed by atoms with Crippen LogP contribution >= 0.6 is 0 Å². The molecule has 0 radical (unpaired) electrons. The molecule has 6 nitrogen and oxygen atoms in total. The van der Waals surface area contributed by atoms with E-state index in [1.807, 2.05) is 0 Å². The molecule has 1 aliphatic carbocycles. The summed E-state index contributed by atoms with van der Waals surface area (Å²) in [5.41, 5.74) is 7.88. The van der Waals surface area contributed by atoms with Crippen molar-refractivity contribution in [1.82, 2.24) is 5.32 Å². The molecule has 0 bridgehead atoms. The third-order valence-corrected chi connectivity index (χ3v) is 7.22. The summed E-state index contributed by atoms with van der Waals surface area (Å²) in [5.74, 6) is -9.12. The number of primary amides is 1. The van der Waals surface area contributed by atoms with Gasteiger partial charge in [-0.05, 0) is 24.3 Å². The van der Waals surface area contributed by atoms with E-state index in [1.165, 1.54) is 0 Å². The number of hydrogen-bond acceptors (Lipinski definition) is 4. The highest BCUT2D eigenvalue weighted by atomic mass is 19.4. The molecule has 11 heteroatoms. The number of nitrogens with two attached hydrogens (primary N) is 1. The van der Waals surface area contributed by atoms with Crippen LogP contribution in [0.3, 0.4) is 0 Å². The average Bonchev–Trinajstić information content (AvgIpc) is 2.98. The lowest BCUT2D eigenvalue weighted by molar-refractivity contribution is -0.149. The summed E-state index contributed by atoms with van der Waals surface area (Å²) in [4.78, 5) is 43.4. The minimum atomic E-state index is -4.64. The quantitative estimate of drug-likeness (QED) is 0.448. The maximum absolute atomic E-state index is 13.4. The lowest BCUT2D eigenvalue weighted by atomic mass is 9.72. The first kappa shape index (κ1) is 28.4. The van der Waals surface area contributed by atoms with Gasteiger partial charge in [0.2, 0.25) is 17.7 Å². The van der Waals surface area contributed by atoms with E-state index in [0.29, 0.717) is 22.4 Å². The second-order valence-electron chi connectivity index (χ2n) is 10.2. The van der Waals surface area contributed by atoms with Gasteiger partial charge in [-0.15, -0.1) is 0 Å². The lowest BCUT2D eigenvalue weighted by Gasteiger charge is -2.38. The molecular formula is C28H28F5N3O3. The fraction of sp³-hybridized carbons (Fsp3) is 0.429. The van der Waals surface area contributed by atoms with E-state index in [9.17, 15) is 36.3 Å². The van der Waals surface area contributed by atoms with Crippen molar-refractivity contribution in [2.24, 2.45) is 28.5 Å². The van der Waals surface area contributed by atoms with Crippen LogP contribution < -0.4 is 11.1 Å². The number of ketones is 1. The number of carbonyl (C=O) groups is 3. The standard InChI is InChI=1S/C28H28F5N3O3/c29-27(30)14-16(15-27)12-21(24(34)38)20(10-11-28(31,32)33)26(39)36-25-22(37)13-18-8-4-5-9-19(18)23(35-25)17-6-2-1-3-7-17/h1-9,16,20-21,25H,10-15H2,(H2,34,38)(H,36,39)/t20-,21+,25-/m1/s1. The van der Waals surface area contributed by atoms with Gasteiger partial charge in [-0.1, -0.05) is 54.6 Å². The number of nitrogens with one attached hydrogen (secondary N) is 1. The van der Waals surface area contributed by atoms with Crippen LogP contribution in [0.1, 0.15) is 48.8 Å². The molecule has 0 saturated heterocycles. The largest absolute Gasteiger partial charge is 0.389 e. The van der Waals surface area contributed by atoms with E-state index in [4.69, 9.17) is 5.73 Å². The second kappa shape index (κ2) is 11.2. The van der Waals surface area contributed by atoms with Gasteiger partial charge in [0.05, 0.1) is 5.71 Å². The Bertz CT molecular complexity index is 1250. The van der Waals surface area contributed by atoms with Crippen LogP contribution in [-0.2, 0) is 20.8 Å². The van der Waals surface area contributed by atoms with Gasteiger partial charge in [-0.3, -0.25) is 19.4 Å². The smallest absolute Gasteiger partial charge is 0.369 e. The van der Waals surface area contributed by atoms with Crippen LogP contribution in [0, 0.1) is 17.8 Å². The molecule has 208 valence electrons. The highest BCUT2D eigenvalue weighted by Crippen LogP contribution is 2.46. The van der Waals surface area contributed by atoms with Crippen molar-refractivity contribution in [3.8, 4) is 0 Å². The Hall–Kier alpha value is -3.63. The molecule has 1 heterocycles. The molecule has 2 amide bonds. The third kappa shape index (κ3) is 7.07. The summed E-state index contributed by atoms with van der Waals surface area (Å²) < 4.78 is 66.2. The van der Waals surface area contributed by atoms with Gasteiger partial charge in [0, 0.05) is 48.6 Å². The average molecular weight is 550 g/mol. The van der Waals surface area contributed by atoms with Crippen LogP contribution in [-0.4, -0.2) is 41.6 Å². The van der Waals surface area contributed by atoms with Crippen molar-refractivity contribution in [2.75, 3.05) is 0 Å². The van der Waals surface area contributed by atoms with Gasteiger partial charge in [-0.2, -0.15) is 13.2 Å². The Morgan fingerprint density at radius 2 is 1.67 bits per heavy atom. The van der Waals surface area contributed by atoms with Crippen molar-refractivity contribution in [3.63, 3.8) is 0 Å². The number of rotatable bonds is 9. The van der Waals surface area contributed by atoms with Crippen LogP contribution in [0.5, 0.6) is 0 Å². The summed E-state index contributed by atoms with van der Waals surface area (Å²) in [5, 5.41) is 2.44. The fourth-order valence-corrected chi connectivity index (χ4v) is 5.26. The zero-order valence-corrected chi connectivity index (χ0v) is 20.9. The van der Waals surface area contributed by atoms with E-state index in [-0.39, 0.29) is 12.8 Å². The topological polar surface area (TPSA) is 102 Å². The van der Waals surface area contributed by atoms with E-state index >= 15 is 0 Å². The number of aliphatic imine (C=N–C) groups is 1. The molecule has 0 unspecified atom stereocenters. The van der Waals surface area contributed by atoms with E-state index in [0.717, 1.165) is 0 Å². The molecule has 39 heavy (non-hydrogen) atoms. The van der Waals surface area contributed by atoms with Crippen LogP contribution in [0.25, 0.3) is 0 Å². The highest BCUT2D eigenvalue weighted by molar-refractivity contribution is 6.16. The number of carbonyl (C=O) groups excluding carboxylic acids is 3. The van der Waals surface area contributed by atoms with Gasteiger partial charge in [0.15, 0.2) is 11.9 Å². The van der Waals surface area contributed by atoms with Gasteiger partial charge in [0.25, 0.3) is 0 Å². The molecule has 3 atom stereocenters. The maximum Gasteiger partial charge on any atom is 0.389 e. The monoisotopic (exact) mass is 549 g/mol. The fourth-order valence-electron chi connectivity index (χ4n) is 5.26. The van der Waals surface area contributed by atoms with Crippen LogP contribution in [0.15, 0.2) is 59.6 Å². The number of amides is 2. The summed E-state index contributed by atoms with van der Waals surface area (Å²) in [7, 11) is 0. The van der Waals surface area contributed by atoms with Crippen molar-refractivity contribution in [2.45, 2.75) is 56.8 Å². The molecule has 4 rings (SSSR count). The summed E-state index contributed by atoms with van der Waals surface area (Å²) in [6, 6.07) is 15.9. The molecule has 1 fully saturated rings. The lowest BCUT2D eigenvalue weighted by Crippen LogP contribution is -2.48. The Labute approximate surface area is 221 Å². The minimum Gasteiger partial charge on any atom is -0.369 e. The molecule has 1 aliphatic heterocycles. The van der Waals surface area contributed by atoms with E-state index in [2.05, 4.69) is 10.3 Å². The second-order valence-corrected chi connectivity index (χ2v) is 10.2. The van der Waals surface area contributed by atoms with Gasteiger partial charge >= 0.3 is 6.18 Å². The Balaban J connectivity index is 1.63. The van der Waals surface area contributed by atoms with Gasteiger partial charge in [0.1, 0.15) is 0 Å². The Morgan fingerprint density at radius 3 is 2.28 bits per heavy atom. The van der Waals surface area contributed by atoms with Crippen molar-refractivity contribution < 1.29 is 36.3 Å². The summed E-state index contributed by atoms with van der Waals surface area (Å²) >= 11 is 0. The number of nitrogens with zero attached hydrogens (tertiary/aromatic N) is 1. The Kier molecular flexibility index (Phi) is 8.17. The van der Waals surface area contributed by atoms with Crippen molar-refractivity contribution in [1.29, 1.82) is 0 Å². The predicted molar refractivity (Wildman–Crippen MR) is 133 cm³/mol. The molecular weight excluding hydrogens is 521 g/mol. The SMILES string of the molecule is NC(=O)[C@@H](CC1CC(F)(F)C1)[C@@H](CCC(F)(F)F)C(=O)N[C@H]1N=C(c2ccccc2)c2ccccc2CC1=O. The predicted octanol–water partition coefficient (Wildman–Crippen LogP) is 4.59. The van der Waals surface area contributed by atoms with Crippen molar-refractivity contribution >= 4 is 23.3 Å². The molecule has 0 aromatic heterocycles. The van der Waals surface area contributed by atoms with Crippen molar-refractivity contribution in [3.05, 3.63) is 71.3 Å². The van der Waals surface area contributed by atoms with E-state index in [1.54, 1.807) is 54.6 Å². The summed E-state index contributed by atoms with van der Waals surface area (Å²) in [6.07, 6.45) is -9.66. The zero-order chi connectivity index (χ0) is 28.4. The maximum atomic E-state index is 13.4. The molecule has 2 aliphatic rings. The number of Topliss-reactive ketones (excluding diaryl/α,β-unsaturated/α-hetero) is 1. The third-order valence-electron chi connectivity index (χ3n) is 7.22. The molecule has 3 N–H and O–H groups in total. The van der Waals surface area contributed by atoms with E-state index < -0.39 is 79.3 Å². The number of benzene rings is 2. The molecule has 2 aromatic rings. The molecule has 0 spiro atoms. The van der Waals surface area contributed by atoms with Crippen LogP contribution in [0.4, 0.5) is 22.0 Å². The van der Waals surface area contributed by atoms with Gasteiger partial charge < -0.3 is 11.1 Å². The zero-order valence-electron chi connectivity index (χ0n) is 20.9. The first-order valence-corrected chi connectivity index (χ1v) is 12.6. The highest BCUT2D eigenvalue weighted by Gasteiger charge is 2.48. The first-order chi connectivity index (χ1) is 18.3. The van der Waals surface area contributed by atoms with Gasteiger partial charge in [-0.25, -0.2) is 8.78 Å². The molecule has 1 saturated carbocycles. The minimum absolute atomic E-state index is 0.0927. The first-order valence-electron chi connectivity index (χ1n) is 12.6. The summed E-state index contributed by atoms with van der Waals surface area (Å²) in [6.45, 7) is 0. The normalized spacial score (nSPS) is 20.6. The number of fused-ring (bicyclic) bond motifs is 1.